The number of carbonyl (C=O) groups is 1. The SMILES string of the molecule is CCc1c(OCc2ccccc2)cc(OCc2ccccc2)c(-c2cccc(C)c2)c1CC(=O)OC. The standard InChI is InChI=1S/C32H32O4/c1-4-27-28(19-31(33)34-3)32(26-17-11-12-23(2)18-26)30(36-22-25-15-9-6-10-16-25)20-29(27)35-21-24-13-7-5-8-14-24/h5-18,20H,4,19,21-22H2,1-3H3. The molecule has 0 aliphatic carbocycles. The molecule has 0 fully saturated rings. The first kappa shape index (κ1) is 25.1. The number of hydrogen-bond donors (Lipinski definition) is 0. The Bertz CT molecular complexity index is 1300. The van der Waals surface area contributed by atoms with E-state index in [2.05, 4.69) is 32.0 Å². The van der Waals surface area contributed by atoms with E-state index in [1.54, 1.807) is 0 Å². The number of methoxy groups -OCH3 is 1. The normalized spacial score (nSPS) is 10.6. The Morgan fingerprint density at radius 3 is 1.89 bits per heavy atom. The van der Waals surface area contributed by atoms with Crippen LogP contribution in [0.3, 0.4) is 0 Å². The van der Waals surface area contributed by atoms with Gasteiger partial charge in [-0.05, 0) is 41.2 Å². The highest BCUT2D eigenvalue weighted by Crippen LogP contribution is 2.42. The molecule has 4 aromatic carbocycles. The van der Waals surface area contributed by atoms with Crippen molar-refractivity contribution in [1.29, 1.82) is 0 Å². The van der Waals surface area contributed by atoms with Crippen molar-refractivity contribution in [2.24, 2.45) is 0 Å². The third kappa shape index (κ3) is 6.14. The Morgan fingerprint density at radius 1 is 0.722 bits per heavy atom. The van der Waals surface area contributed by atoms with Crippen LogP contribution in [-0.4, -0.2) is 13.1 Å². The molecule has 4 rings (SSSR count). The third-order valence-electron chi connectivity index (χ3n) is 6.16. The fourth-order valence-corrected chi connectivity index (χ4v) is 4.36. The maximum absolute atomic E-state index is 12.6. The number of esters is 1. The van der Waals surface area contributed by atoms with Crippen molar-refractivity contribution in [2.75, 3.05) is 7.11 Å². The lowest BCUT2D eigenvalue weighted by molar-refractivity contribution is -0.139. The summed E-state index contributed by atoms with van der Waals surface area (Å²) >= 11 is 0. The first-order valence-electron chi connectivity index (χ1n) is 12.2. The van der Waals surface area contributed by atoms with Gasteiger partial charge >= 0.3 is 5.97 Å². The van der Waals surface area contributed by atoms with Gasteiger partial charge in [0.25, 0.3) is 0 Å². The van der Waals surface area contributed by atoms with Gasteiger partial charge in [-0.25, -0.2) is 0 Å². The molecule has 0 bridgehead atoms. The fraction of sp³-hybridized carbons (Fsp3) is 0.219. The predicted molar refractivity (Wildman–Crippen MR) is 143 cm³/mol. The minimum atomic E-state index is -0.298. The zero-order valence-corrected chi connectivity index (χ0v) is 21.1. The van der Waals surface area contributed by atoms with Gasteiger partial charge in [0.05, 0.1) is 13.5 Å². The maximum atomic E-state index is 12.6. The van der Waals surface area contributed by atoms with Crippen LogP contribution in [0.2, 0.25) is 0 Å². The van der Waals surface area contributed by atoms with Gasteiger partial charge in [-0.15, -0.1) is 0 Å². The van der Waals surface area contributed by atoms with Crippen LogP contribution in [0.5, 0.6) is 11.5 Å². The summed E-state index contributed by atoms with van der Waals surface area (Å²) in [5.41, 5.74) is 7.04. The first-order valence-corrected chi connectivity index (χ1v) is 12.2. The molecule has 0 atom stereocenters. The Kier molecular flexibility index (Phi) is 8.40. The summed E-state index contributed by atoms with van der Waals surface area (Å²) in [6.45, 7) is 4.97. The second-order valence-electron chi connectivity index (χ2n) is 8.73. The molecular formula is C32H32O4. The van der Waals surface area contributed by atoms with E-state index in [9.17, 15) is 4.79 Å². The molecule has 0 N–H and O–H groups in total. The predicted octanol–water partition coefficient (Wildman–Crippen LogP) is 7.10. The summed E-state index contributed by atoms with van der Waals surface area (Å²) in [5.74, 6) is 1.11. The number of rotatable bonds is 10. The number of ether oxygens (including phenoxy) is 3. The van der Waals surface area contributed by atoms with Gasteiger partial charge in [0.2, 0.25) is 0 Å². The van der Waals surface area contributed by atoms with Gasteiger partial charge in [-0.2, -0.15) is 0 Å². The highest BCUT2D eigenvalue weighted by atomic mass is 16.5. The smallest absolute Gasteiger partial charge is 0.310 e. The van der Waals surface area contributed by atoms with E-state index in [4.69, 9.17) is 14.2 Å². The lowest BCUT2D eigenvalue weighted by Gasteiger charge is -2.22. The van der Waals surface area contributed by atoms with E-state index in [0.29, 0.717) is 25.4 Å². The number of carbonyl (C=O) groups excluding carboxylic acids is 1. The minimum absolute atomic E-state index is 0.132. The van der Waals surface area contributed by atoms with E-state index >= 15 is 0 Å². The van der Waals surface area contributed by atoms with Crippen molar-refractivity contribution in [3.8, 4) is 22.6 Å². The average molecular weight is 481 g/mol. The summed E-state index contributed by atoms with van der Waals surface area (Å²) in [5, 5.41) is 0. The molecule has 0 aliphatic rings. The Hall–Kier alpha value is -4.05. The van der Waals surface area contributed by atoms with Gasteiger partial charge in [-0.3, -0.25) is 4.79 Å². The van der Waals surface area contributed by atoms with Gasteiger partial charge in [0.15, 0.2) is 0 Å². The maximum Gasteiger partial charge on any atom is 0.310 e. The van der Waals surface area contributed by atoms with Crippen LogP contribution in [0.4, 0.5) is 0 Å². The van der Waals surface area contributed by atoms with Gasteiger partial charge in [0.1, 0.15) is 24.7 Å². The topological polar surface area (TPSA) is 44.8 Å². The molecular weight excluding hydrogens is 448 g/mol. The molecule has 0 saturated heterocycles. The summed E-state index contributed by atoms with van der Waals surface area (Å²) in [7, 11) is 1.42. The largest absolute Gasteiger partial charge is 0.488 e. The van der Waals surface area contributed by atoms with Crippen molar-refractivity contribution in [2.45, 2.75) is 39.9 Å². The van der Waals surface area contributed by atoms with Crippen molar-refractivity contribution >= 4 is 5.97 Å². The summed E-state index contributed by atoms with van der Waals surface area (Å²) in [6.07, 6.45) is 0.835. The van der Waals surface area contributed by atoms with Crippen molar-refractivity contribution < 1.29 is 19.0 Å². The van der Waals surface area contributed by atoms with Crippen LogP contribution < -0.4 is 9.47 Å². The summed E-state index contributed by atoms with van der Waals surface area (Å²) in [4.78, 5) is 12.6. The molecule has 0 aliphatic heterocycles. The molecule has 0 radical (unpaired) electrons. The van der Waals surface area contributed by atoms with E-state index in [1.807, 2.05) is 72.8 Å². The second-order valence-corrected chi connectivity index (χ2v) is 8.73. The van der Waals surface area contributed by atoms with Gasteiger partial charge in [0, 0.05) is 11.6 Å². The lowest BCUT2D eigenvalue weighted by atomic mass is 9.90. The van der Waals surface area contributed by atoms with Crippen LogP contribution >= 0.6 is 0 Å². The molecule has 0 spiro atoms. The molecule has 0 saturated carbocycles. The molecule has 4 heteroatoms. The molecule has 4 aromatic rings. The average Bonchev–Trinajstić information content (AvgIpc) is 2.91. The zero-order chi connectivity index (χ0) is 25.3. The van der Waals surface area contributed by atoms with Crippen LogP contribution in [0, 0.1) is 6.92 Å². The monoisotopic (exact) mass is 480 g/mol. The quantitative estimate of drug-likeness (QED) is 0.227. The molecule has 0 unspecified atom stereocenters. The molecule has 0 amide bonds. The van der Waals surface area contributed by atoms with Crippen LogP contribution in [-0.2, 0) is 35.6 Å². The fourth-order valence-electron chi connectivity index (χ4n) is 4.36. The number of benzene rings is 4. The Balaban J connectivity index is 1.85. The number of aryl methyl sites for hydroxylation is 1. The van der Waals surface area contributed by atoms with E-state index in [-0.39, 0.29) is 12.4 Å². The zero-order valence-electron chi connectivity index (χ0n) is 21.1. The van der Waals surface area contributed by atoms with Gasteiger partial charge in [-0.1, -0.05) is 97.4 Å². The van der Waals surface area contributed by atoms with Crippen LogP contribution in [0.15, 0.2) is 91.0 Å². The third-order valence-corrected chi connectivity index (χ3v) is 6.16. The van der Waals surface area contributed by atoms with Crippen molar-refractivity contribution in [3.63, 3.8) is 0 Å². The Morgan fingerprint density at radius 2 is 1.33 bits per heavy atom. The first-order chi connectivity index (χ1) is 17.6. The van der Waals surface area contributed by atoms with E-state index < -0.39 is 0 Å². The minimum Gasteiger partial charge on any atom is -0.488 e. The summed E-state index contributed by atoms with van der Waals surface area (Å²) < 4.78 is 17.9. The van der Waals surface area contributed by atoms with Gasteiger partial charge < -0.3 is 14.2 Å². The second kappa shape index (κ2) is 12.1. The Labute approximate surface area is 213 Å². The van der Waals surface area contributed by atoms with Crippen molar-refractivity contribution in [1.82, 2.24) is 0 Å². The lowest BCUT2D eigenvalue weighted by Crippen LogP contribution is -2.11. The van der Waals surface area contributed by atoms with E-state index in [0.717, 1.165) is 44.7 Å². The number of hydrogen-bond acceptors (Lipinski definition) is 4. The van der Waals surface area contributed by atoms with E-state index in [1.165, 1.54) is 7.11 Å². The van der Waals surface area contributed by atoms with Crippen LogP contribution in [0.25, 0.3) is 11.1 Å². The summed E-state index contributed by atoms with van der Waals surface area (Å²) in [6, 6.07) is 30.4. The molecule has 184 valence electrons. The van der Waals surface area contributed by atoms with Crippen LogP contribution in [0.1, 0.15) is 34.7 Å². The van der Waals surface area contributed by atoms with Crippen molar-refractivity contribution in [3.05, 3.63) is 119 Å². The highest BCUT2D eigenvalue weighted by molar-refractivity contribution is 5.83. The molecule has 0 heterocycles. The molecule has 4 nitrogen and oxygen atoms in total. The molecule has 36 heavy (non-hydrogen) atoms. The highest BCUT2D eigenvalue weighted by Gasteiger charge is 2.23. The molecule has 0 aromatic heterocycles.